The smallest absolute Gasteiger partial charge is 0.252 e. The third-order valence-corrected chi connectivity index (χ3v) is 3.53. The van der Waals surface area contributed by atoms with Gasteiger partial charge in [0.05, 0.1) is 0 Å². The number of nitrogens with zero attached hydrogens (tertiary/aromatic N) is 1. The molecule has 0 saturated carbocycles. The van der Waals surface area contributed by atoms with Crippen molar-refractivity contribution in [3.05, 3.63) is 23.8 Å². The van der Waals surface area contributed by atoms with E-state index in [4.69, 9.17) is 4.74 Å². The van der Waals surface area contributed by atoms with Crippen molar-refractivity contribution < 1.29 is 14.3 Å². The summed E-state index contributed by atoms with van der Waals surface area (Å²) in [5, 5.41) is 2.88. The van der Waals surface area contributed by atoms with Crippen LogP contribution in [-0.2, 0) is 20.7 Å². The van der Waals surface area contributed by atoms with E-state index >= 15 is 0 Å². The molecule has 0 unspecified atom stereocenters. The van der Waals surface area contributed by atoms with Gasteiger partial charge in [-0.25, -0.2) is 0 Å². The highest BCUT2D eigenvalue weighted by molar-refractivity contribution is 5.97. The summed E-state index contributed by atoms with van der Waals surface area (Å²) in [6.07, 6.45) is 3.22. The first-order valence-corrected chi connectivity index (χ1v) is 7.37. The van der Waals surface area contributed by atoms with Crippen molar-refractivity contribution in [3.8, 4) is 0 Å². The van der Waals surface area contributed by atoms with E-state index in [1.807, 2.05) is 25.1 Å². The van der Waals surface area contributed by atoms with E-state index in [0.717, 1.165) is 36.2 Å². The predicted octanol–water partition coefficient (Wildman–Crippen LogP) is 2.35. The Labute approximate surface area is 125 Å². The molecular weight excluding hydrogens is 268 g/mol. The Bertz CT molecular complexity index is 528. The van der Waals surface area contributed by atoms with Gasteiger partial charge in [-0.15, -0.1) is 0 Å². The summed E-state index contributed by atoms with van der Waals surface area (Å²) in [4.78, 5) is 25.5. The van der Waals surface area contributed by atoms with Crippen LogP contribution < -0.4 is 10.2 Å². The highest BCUT2D eigenvalue weighted by atomic mass is 16.5. The second kappa shape index (κ2) is 7.22. The van der Waals surface area contributed by atoms with Crippen LogP contribution in [0.15, 0.2) is 18.2 Å². The number of hydrogen-bond acceptors (Lipinski definition) is 3. The van der Waals surface area contributed by atoms with Gasteiger partial charge in [-0.05, 0) is 37.0 Å². The minimum atomic E-state index is -0.0458. The van der Waals surface area contributed by atoms with Gasteiger partial charge in [-0.3, -0.25) is 9.59 Å². The summed E-state index contributed by atoms with van der Waals surface area (Å²) in [6, 6.07) is 5.77. The molecule has 5 heteroatoms. The van der Waals surface area contributed by atoms with Crippen molar-refractivity contribution in [2.45, 2.75) is 32.6 Å². The molecule has 21 heavy (non-hydrogen) atoms. The van der Waals surface area contributed by atoms with E-state index in [1.54, 1.807) is 4.90 Å². The quantitative estimate of drug-likeness (QED) is 0.905. The first kappa shape index (κ1) is 15.5. The normalized spacial score (nSPS) is 13.7. The number of fused-ring (bicyclic) bond motifs is 1. The average molecular weight is 290 g/mol. The highest BCUT2D eigenvalue weighted by Crippen LogP contribution is 2.30. The van der Waals surface area contributed by atoms with Crippen molar-refractivity contribution in [2.75, 3.05) is 30.5 Å². The lowest BCUT2D eigenvalue weighted by Gasteiger charge is -2.29. The lowest BCUT2D eigenvalue weighted by molar-refractivity contribution is -0.122. The maximum Gasteiger partial charge on any atom is 0.252 e. The Morgan fingerprint density at radius 2 is 2.19 bits per heavy atom. The molecule has 1 aromatic carbocycles. The fraction of sp³-hybridized carbons (Fsp3) is 0.500. The predicted molar refractivity (Wildman–Crippen MR) is 82.5 cm³/mol. The zero-order chi connectivity index (χ0) is 15.2. The van der Waals surface area contributed by atoms with Gasteiger partial charge < -0.3 is 15.0 Å². The molecule has 0 aromatic heterocycles. The van der Waals surface area contributed by atoms with Crippen molar-refractivity contribution in [1.29, 1.82) is 0 Å². The molecule has 1 aliphatic heterocycles. The number of ether oxygens (including phenoxy) is 1. The molecule has 1 heterocycles. The lowest BCUT2D eigenvalue weighted by atomic mass is 10.0. The Morgan fingerprint density at radius 1 is 1.38 bits per heavy atom. The summed E-state index contributed by atoms with van der Waals surface area (Å²) in [5.74, 6) is -0.0430. The van der Waals surface area contributed by atoms with Gasteiger partial charge in [0.2, 0.25) is 5.91 Å². The number of nitrogens with one attached hydrogen (secondary N) is 1. The van der Waals surface area contributed by atoms with Crippen LogP contribution in [0.1, 0.15) is 31.7 Å². The Hall–Kier alpha value is -1.88. The van der Waals surface area contributed by atoms with Gasteiger partial charge in [0, 0.05) is 31.5 Å². The molecule has 2 amide bonds. The maximum absolute atomic E-state index is 12.1. The number of rotatable bonds is 5. The van der Waals surface area contributed by atoms with Gasteiger partial charge >= 0.3 is 0 Å². The van der Waals surface area contributed by atoms with Gasteiger partial charge in [-0.1, -0.05) is 13.0 Å². The van der Waals surface area contributed by atoms with E-state index < -0.39 is 0 Å². The summed E-state index contributed by atoms with van der Waals surface area (Å²) in [7, 11) is 1.52. The molecule has 0 atom stereocenters. The van der Waals surface area contributed by atoms with Crippen LogP contribution in [0.25, 0.3) is 0 Å². The monoisotopic (exact) mass is 290 g/mol. The third-order valence-electron chi connectivity index (χ3n) is 3.53. The van der Waals surface area contributed by atoms with Crippen LogP contribution in [0.2, 0.25) is 0 Å². The minimum absolute atomic E-state index is 0.00280. The standard InChI is InChI=1S/C16H22N2O3/c1-3-5-15(19)17-13-8-7-12-6-4-9-18(14(12)10-13)16(20)11-21-2/h7-8,10H,3-6,9,11H2,1-2H3,(H,17,19). The summed E-state index contributed by atoms with van der Waals surface area (Å²) >= 11 is 0. The molecule has 0 radical (unpaired) electrons. The van der Waals surface area contributed by atoms with Crippen LogP contribution >= 0.6 is 0 Å². The first-order chi connectivity index (χ1) is 10.2. The van der Waals surface area contributed by atoms with Gasteiger partial charge in [0.15, 0.2) is 0 Å². The van der Waals surface area contributed by atoms with Crippen molar-refractivity contribution in [3.63, 3.8) is 0 Å². The molecule has 0 aliphatic carbocycles. The van der Waals surface area contributed by atoms with Crippen molar-refractivity contribution in [2.24, 2.45) is 0 Å². The van der Waals surface area contributed by atoms with Crippen LogP contribution in [0.5, 0.6) is 0 Å². The molecule has 5 nitrogen and oxygen atoms in total. The first-order valence-electron chi connectivity index (χ1n) is 7.37. The molecule has 0 fully saturated rings. The number of carbonyl (C=O) groups is 2. The van der Waals surface area contributed by atoms with Crippen LogP contribution in [0, 0.1) is 0 Å². The second-order valence-electron chi connectivity index (χ2n) is 5.22. The van der Waals surface area contributed by atoms with Crippen LogP contribution in [0.4, 0.5) is 11.4 Å². The Kier molecular flexibility index (Phi) is 5.33. The number of amides is 2. The molecule has 1 aliphatic rings. The van der Waals surface area contributed by atoms with E-state index in [-0.39, 0.29) is 18.4 Å². The summed E-state index contributed by atoms with van der Waals surface area (Å²) < 4.78 is 4.94. The maximum atomic E-state index is 12.1. The molecule has 1 N–H and O–H groups in total. The van der Waals surface area contributed by atoms with Gasteiger partial charge in [-0.2, -0.15) is 0 Å². The molecule has 2 rings (SSSR count). The van der Waals surface area contributed by atoms with Gasteiger partial charge in [0.25, 0.3) is 5.91 Å². The lowest BCUT2D eigenvalue weighted by Crippen LogP contribution is -2.37. The highest BCUT2D eigenvalue weighted by Gasteiger charge is 2.22. The summed E-state index contributed by atoms with van der Waals surface area (Å²) in [5.41, 5.74) is 2.76. The zero-order valence-electron chi connectivity index (χ0n) is 12.6. The van der Waals surface area contributed by atoms with E-state index in [2.05, 4.69) is 5.32 Å². The Morgan fingerprint density at radius 3 is 2.90 bits per heavy atom. The van der Waals surface area contributed by atoms with Crippen molar-refractivity contribution >= 4 is 23.2 Å². The molecular formula is C16H22N2O3. The van der Waals surface area contributed by atoms with Crippen LogP contribution in [-0.4, -0.2) is 32.1 Å². The molecule has 1 aromatic rings. The zero-order valence-corrected chi connectivity index (χ0v) is 12.6. The average Bonchev–Trinajstić information content (AvgIpc) is 2.47. The van der Waals surface area contributed by atoms with E-state index in [0.29, 0.717) is 13.0 Å². The SMILES string of the molecule is CCCC(=O)Nc1ccc2c(c1)N(C(=O)COC)CCC2. The van der Waals surface area contributed by atoms with Crippen LogP contribution in [0.3, 0.4) is 0 Å². The number of carbonyl (C=O) groups excluding carboxylic acids is 2. The second-order valence-corrected chi connectivity index (χ2v) is 5.22. The molecule has 0 saturated heterocycles. The number of benzene rings is 1. The third kappa shape index (κ3) is 3.82. The fourth-order valence-corrected chi connectivity index (χ4v) is 2.56. The number of methoxy groups -OCH3 is 1. The van der Waals surface area contributed by atoms with Crippen molar-refractivity contribution in [1.82, 2.24) is 0 Å². The van der Waals surface area contributed by atoms with E-state index in [9.17, 15) is 9.59 Å². The van der Waals surface area contributed by atoms with E-state index in [1.165, 1.54) is 7.11 Å². The largest absolute Gasteiger partial charge is 0.375 e. The Balaban J connectivity index is 2.21. The number of hydrogen-bond donors (Lipinski definition) is 1. The number of aryl methyl sites for hydroxylation is 1. The molecule has 0 bridgehead atoms. The number of anilines is 2. The topological polar surface area (TPSA) is 58.6 Å². The summed E-state index contributed by atoms with van der Waals surface area (Å²) in [6.45, 7) is 2.74. The van der Waals surface area contributed by atoms with Gasteiger partial charge in [0.1, 0.15) is 6.61 Å². The molecule has 114 valence electrons. The molecule has 0 spiro atoms. The fourth-order valence-electron chi connectivity index (χ4n) is 2.56. The minimum Gasteiger partial charge on any atom is -0.375 e.